The van der Waals surface area contributed by atoms with E-state index in [1.54, 1.807) is 0 Å². The zero-order valence-electron chi connectivity index (χ0n) is 10.6. The number of nitrogens with zero attached hydrogens (tertiary/aromatic N) is 2. The molecule has 0 saturated carbocycles. The van der Waals surface area contributed by atoms with E-state index in [0.717, 1.165) is 29.7 Å². The Labute approximate surface area is 115 Å². The van der Waals surface area contributed by atoms with Gasteiger partial charge in [-0.15, -0.1) is 11.3 Å². The first-order chi connectivity index (χ1) is 8.13. The monoisotopic (exact) mass is 318 g/mol. The Morgan fingerprint density at radius 3 is 2.59 bits per heavy atom. The van der Waals surface area contributed by atoms with Crippen molar-refractivity contribution in [3.05, 3.63) is 16.1 Å². The van der Waals surface area contributed by atoms with Crippen LogP contribution in [-0.4, -0.2) is 33.7 Å². The lowest BCUT2D eigenvalue weighted by molar-refractivity contribution is 0.0677. The van der Waals surface area contributed by atoms with Gasteiger partial charge in [-0.3, -0.25) is 4.79 Å². The summed E-state index contributed by atoms with van der Waals surface area (Å²) < 4.78 is 0. The minimum absolute atomic E-state index is 0.0579. The number of carbonyl (C=O) groups excluding carboxylic acids is 1. The van der Waals surface area contributed by atoms with Crippen LogP contribution in [0.25, 0.3) is 0 Å². The predicted molar refractivity (Wildman–Crippen MR) is 76.1 cm³/mol. The van der Waals surface area contributed by atoms with E-state index in [1.807, 2.05) is 17.2 Å². The lowest BCUT2D eigenvalue weighted by atomic mass is 10.1. The van der Waals surface area contributed by atoms with Crippen molar-refractivity contribution in [1.29, 1.82) is 0 Å². The second kappa shape index (κ2) is 7.11. The van der Waals surface area contributed by atoms with E-state index >= 15 is 0 Å². The number of aryl methyl sites for hydroxylation is 1. The van der Waals surface area contributed by atoms with E-state index in [4.69, 9.17) is 0 Å². The molecule has 0 N–H and O–H groups in total. The van der Waals surface area contributed by atoms with Crippen LogP contribution in [0.1, 0.15) is 42.2 Å². The van der Waals surface area contributed by atoms with E-state index < -0.39 is 0 Å². The third-order valence-corrected chi connectivity index (χ3v) is 3.94. The fourth-order valence-corrected chi connectivity index (χ4v) is 2.85. The van der Waals surface area contributed by atoms with E-state index in [9.17, 15) is 4.79 Å². The molecule has 0 aliphatic heterocycles. The van der Waals surface area contributed by atoms with Crippen molar-refractivity contribution in [2.75, 3.05) is 11.9 Å². The minimum Gasteiger partial charge on any atom is -0.333 e. The number of hydrogen-bond acceptors (Lipinski definition) is 3. The van der Waals surface area contributed by atoms with Gasteiger partial charge in [0.2, 0.25) is 0 Å². The molecular formula is C12H19BrN2OS. The molecule has 1 amide bonds. The zero-order valence-corrected chi connectivity index (χ0v) is 13.0. The van der Waals surface area contributed by atoms with Crippen molar-refractivity contribution >= 4 is 33.2 Å². The van der Waals surface area contributed by atoms with Crippen LogP contribution in [0.3, 0.4) is 0 Å². The van der Waals surface area contributed by atoms with Crippen LogP contribution >= 0.6 is 27.3 Å². The number of thiazole rings is 1. The normalized spacial score (nSPS) is 10.9. The second-order valence-corrected chi connectivity index (χ2v) is 5.76. The molecule has 17 heavy (non-hydrogen) atoms. The third kappa shape index (κ3) is 3.78. The first kappa shape index (κ1) is 14.6. The minimum atomic E-state index is 0.0579. The SMILES string of the molecule is CCC(CC)N(CCBr)C(=O)c1csc(C)n1. The molecule has 0 aromatic carbocycles. The maximum Gasteiger partial charge on any atom is 0.273 e. The molecule has 1 aromatic rings. The molecule has 0 fully saturated rings. The first-order valence-corrected chi connectivity index (χ1v) is 7.93. The van der Waals surface area contributed by atoms with Gasteiger partial charge >= 0.3 is 0 Å². The molecule has 0 spiro atoms. The van der Waals surface area contributed by atoms with Crippen molar-refractivity contribution in [1.82, 2.24) is 9.88 Å². The second-order valence-electron chi connectivity index (χ2n) is 3.91. The van der Waals surface area contributed by atoms with Crippen LogP contribution in [-0.2, 0) is 0 Å². The molecule has 96 valence electrons. The average Bonchev–Trinajstić information content (AvgIpc) is 2.75. The summed E-state index contributed by atoms with van der Waals surface area (Å²) in [6.07, 6.45) is 1.97. The van der Waals surface area contributed by atoms with Gasteiger partial charge in [0.25, 0.3) is 5.91 Å². The number of aromatic nitrogens is 1. The molecule has 0 saturated heterocycles. The van der Waals surface area contributed by atoms with Gasteiger partial charge in [0.15, 0.2) is 0 Å². The molecule has 5 heteroatoms. The number of amides is 1. The average molecular weight is 319 g/mol. The van der Waals surface area contributed by atoms with E-state index in [0.29, 0.717) is 11.7 Å². The molecule has 1 heterocycles. The van der Waals surface area contributed by atoms with Crippen LogP contribution in [0, 0.1) is 6.92 Å². The van der Waals surface area contributed by atoms with Crippen molar-refractivity contribution in [2.24, 2.45) is 0 Å². The summed E-state index contributed by atoms with van der Waals surface area (Å²) in [5.41, 5.74) is 0.584. The first-order valence-electron chi connectivity index (χ1n) is 5.93. The lowest BCUT2D eigenvalue weighted by Gasteiger charge is -2.29. The van der Waals surface area contributed by atoms with Crippen LogP contribution in [0.2, 0.25) is 0 Å². The standard InChI is InChI=1S/C12H19BrN2OS/c1-4-10(5-2)15(7-6-13)12(16)11-8-17-9(3)14-11/h8,10H,4-7H2,1-3H3. The topological polar surface area (TPSA) is 33.2 Å². The maximum atomic E-state index is 12.4. The van der Waals surface area contributed by atoms with Crippen LogP contribution in [0.4, 0.5) is 0 Å². The fraction of sp³-hybridized carbons (Fsp3) is 0.667. The smallest absolute Gasteiger partial charge is 0.273 e. The Hall–Kier alpha value is -0.420. The summed E-state index contributed by atoms with van der Waals surface area (Å²) in [4.78, 5) is 18.6. The number of halogens is 1. The summed E-state index contributed by atoms with van der Waals surface area (Å²) in [6.45, 7) is 6.90. The van der Waals surface area contributed by atoms with Gasteiger partial charge in [-0.05, 0) is 19.8 Å². The summed E-state index contributed by atoms with van der Waals surface area (Å²) in [5, 5.41) is 3.59. The Morgan fingerprint density at radius 2 is 2.18 bits per heavy atom. The zero-order chi connectivity index (χ0) is 12.8. The molecule has 1 rings (SSSR count). The fourth-order valence-electron chi connectivity index (χ4n) is 1.88. The van der Waals surface area contributed by atoms with Crippen LogP contribution in [0.5, 0.6) is 0 Å². The van der Waals surface area contributed by atoms with Gasteiger partial charge in [0, 0.05) is 23.3 Å². The number of hydrogen-bond donors (Lipinski definition) is 0. The third-order valence-electron chi connectivity index (χ3n) is 2.81. The van der Waals surface area contributed by atoms with E-state index in [-0.39, 0.29) is 5.91 Å². The van der Waals surface area contributed by atoms with Gasteiger partial charge < -0.3 is 4.90 Å². The van der Waals surface area contributed by atoms with Gasteiger partial charge in [-0.2, -0.15) is 0 Å². The molecule has 3 nitrogen and oxygen atoms in total. The van der Waals surface area contributed by atoms with E-state index in [1.165, 1.54) is 11.3 Å². The Bertz CT molecular complexity index is 363. The van der Waals surface area contributed by atoms with Crippen LogP contribution < -0.4 is 0 Å². The van der Waals surface area contributed by atoms with Gasteiger partial charge in [-0.25, -0.2) is 4.98 Å². The summed E-state index contributed by atoms with van der Waals surface area (Å²) in [7, 11) is 0. The Morgan fingerprint density at radius 1 is 1.53 bits per heavy atom. The maximum absolute atomic E-state index is 12.4. The van der Waals surface area contributed by atoms with E-state index in [2.05, 4.69) is 34.8 Å². The predicted octanol–water partition coefficient (Wildman–Crippen LogP) is 3.48. The Balaban J connectivity index is 2.86. The molecule has 0 aliphatic carbocycles. The molecule has 0 radical (unpaired) electrons. The van der Waals surface area contributed by atoms with Crippen molar-refractivity contribution in [3.8, 4) is 0 Å². The highest BCUT2D eigenvalue weighted by atomic mass is 79.9. The molecule has 0 atom stereocenters. The highest BCUT2D eigenvalue weighted by Gasteiger charge is 2.23. The van der Waals surface area contributed by atoms with Gasteiger partial charge in [-0.1, -0.05) is 29.8 Å². The highest BCUT2D eigenvalue weighted by molar-refractivity contribution is 9.09. The quantitative estimate of drug-likeness (QED) is 0.752. The molecule has 1 aromatic heterocycles. The van der Waals surface area contributed by atoms with Gasteiger partial charge in [0.1, 0.15) is 5.69 Å². The van der Waals surface area contributed by atoms with Crippen LogP contribution in [0.15, 0.2) is 5.38 Å². The molecular weight excluding hydrogens is 300 g/mol. The van der Waals surface area contributed by atoms with Crippen molar-refractivity contribution < 1.29 is 4.79 Å². The van der Waals surface area contributed by atoms with Gasteiger partial charge in [0.05, 0.1) is 5.01 Å². The Kier molecular flexibility index (Phi) is 6.12. The lowest BCUT2D eigenvalue weighted by Crippen LogP contribution is -2.41. The van der Waals surface area contributed by atoms with Crippen molar-refractivity contribution in [2.45, 2.75) is 39.7 Å². The summed E-state index contributed by atoms with van der Waals surface area (Å²) in [6, 6.07) is 0.307. The molecule has 0 aliphatic rings. The highest BCUT2D eigenvalue weighted by Crippen LogP contribution is 2.16. The molecule has 0 unspecified atom stereocenters. The summed E-state index contributed by atoms with van der Waals surface area (Å²) >= 11 is 4.94. The molecule has 0 bridgehead atoms. The number of rotatable bonds is 6. The number of carbonyl (C=O) groups is 1. The van der Waals surface area contributed by atoms with Crippen molar-refractivity contribution in [3.63, 3.8) is 0 Å². The summed E-state index contributed by atoms with van der Waals surface area (Å²) in [5.74, 6) is 0.0579. The number of alkyl halides is 1. The largest absolute Gasteiger partial charge is 0.333 e.